The lowest BCUT2D eigenvalue weighted by Crippen LogP contribution is -2.38. The van der Waals surface area contributed by atoms with Gasteiger partial charge in [0.2, 0.25) is 0 Å². The van der Waals surface area contributed by atoms with Gasteiger partial charge < -0.3 is 0 Å². The standard InChI is InChI=1S/C18H22ClN3O/c1-2-22-12-14(10-20-22)11-21-8-4-6-16(13-21)18(23)15-5-3-7-17(19)9-15/h3,5,7,9-10,12,16H,2,4,6,8,11,13H2,1H3. The molecule has 1 aromatic carbocycles. The van der Waals surface area contributed by atoms with E-state index in [1.807, 2.05) is 23.0 Å². The minimum atomic E-state index is 0.0587. The molecule has 23 heavy (non-hydrogen) atoms. The molecule has 122 valence electrons. The van der Waals surface area contributed by atoms with Crippen LogP contribution in [0.3, 0.4) is 0 Å². The van der Waals surface area contributed by atoms with Crippen LogP contribution in [0.4, 0.5) is 0 Å². The van der Waals surface area contributed by atoms with Gasteiger partial charge in [0.15, 0.2) is 5.78 Å². The zero-order valence-electron chi connectivity index (χ0n) is 13.4. The number of ketones is 1. The first-order chi connectivity index (χ1) is 11.2. The summed E-state index contributed by atoms with van der Waals surface area (Å²) in [6, 6.07) is 7.28. The van der Waals surface area contributed by atoms with Gasteiger partial charge in [0, 0.05) is 47.9 Å². The average Bonchev–Trinajstić information content (AvgIpc) is 3.02. The van der Waals surface area contributed by atoms with Crippen molar-refractivity contribution in [1.82, 2.24) is 14.7 Å². The quantitative estimate of drug-likeness (QED) is 0.785. The van der Waals surface area contributed by atoms with Crippen molar-refractivity contribution in [2.45, 2.75) is 32.9 Å². The molecule has 1 aromatic heterocycles. The lowest BCUT2D eigenvalue weighted by molar-refractivity contribution is 0.0811. The van der Waals surface area contributed by atoms with Gasteiger partial charge in [0.25, 0.3) is 0 Å². The highest BCUT2D eigenvalue weighted by atomic mass is 35.5. The molecular weight excluding hydrogens is 310 g/mol. The van der Waals surface area contributed by atoms with E-state index in [4.69, 9.17) is 11.6 Å². The predicted octanol–water partition coefficient (Wildman–Crippen LogP) is 3.65. The molecule has 0 N–H and O–H groups in total. The second-order valence-corrected chi connectivity index (χ2v) is 6.59. The fourth-order valence-corrected chi connectivity index (χ4v) is 3.40. The largest absolute Gasteiger partial charge is 0.298 e. The van der Waals surface area contributed by atoms with E-state index in [9.17, 15) is 4.79 Å². The van der Waals surface area contributed by atoms with Crippen LogP contribution < -0.4 is 0 Å². The molecule has 5 heteroatoms. The van der Waals surface area contributed by atoms with Gasteiger partial charge >= 0.3 is 0 Å². The van der Waals surface area contributed by atoms with Gasteiger partial charge in [-0.15, -0.1) is 0 Å². The third kappa shape index (κ3) is 4.01. The van der Waals surface area contributed by atoms with Crippen molar-refractivity contribution < 1.29 is 4.79 Å². The van der Waals surface area contributed by atoms with Gasteiger partial charge in [0.05, 0.1) is 6.20 Å². The summed E-state index contributed by atoms with van der Waals surface area (Å²) in [5.74, 6) is 0.268. The molecule has 2 aromatic rings. The van der Waals surface area contributed by atoms with Gasteiger partial charge in [-0.05, 0) is 38.4 Å². The second kappa shape index (κ2) is 7.28. The summed E-state index contributed by atoms with van der Waals surface area (Å²) >= 11 is 6.01. The molecule has 1 saturated heterocycles. The van der Waals surface area contributed by atoms with Gasteiger partial charge in [-0.3, -0.25) is 14.4 Å². The third-order valence-corrected chi connectivity index (χ3v) is 4.64. The van der Waals surface area contributed by atoms with Crippen molar-refractivity contribution in [3.8, 4) is 0 Å². The zero-order chi connectivity index (χ0) is 16.2. The van der Waals surface area contributed by atoms with Crippen LogP contribution in [0.15, 0.2) is 36.7 Å². The Morgan fingerprint density at radius 2 is 2.30 bits per heavy atom. The van der Waals surface area contributed by atoms with Crippen LogP contribution in [0.5, 0.6) is 0 Å². The Labute approximate surface area is 142 Å². The number of likely N-dealkylation sites (tertiary alicyclic amines) is 1. The van der Waals surface area contributed by atoms with Crippen LogP contribution in [-0.2, 0) is 13.1 Å². The van der Waals surface area contributed by atoms with Crippen molar-refractivity contribution in [3.63, 3.8) is 0 Å². The summed E-state index contributed by atoms with van der Waals surface area (Å²) in [5.41, 5.74) is 1.94. The molecule has 1 aliphatic heterocycles. The van der Waals surface area contributed by atoms with E-state index >= 15 is 0 Å². The molecule has 0 spiro atoms. The lowest BCUT2D eigenvalue weighted by Gasteiger charge is -2.31. The highest BCUT2D eigenvalue weighted by Crippen LogP contribution is 2.23. The summed E-state index contributed by atoms with van der Waals surface area (Å²) in [7, 11) is 0. The maximum atomic E-state index is 12.7. The number of benzene rings is 1. The van der Waals surface area contributed by atoms with Crippen molar-refractivity contribution in [3.05, 3.63) is 52.8 Å². The smallest absolute Gasteiger partial charge is 0.167 e. The van der Waals surface area contributed by atoms with Crippen molar-refractivity contribution in [2.75, 3.05) is 13.1 Å². The molecule has 2 heterocycles. The Hall–Kier alpha value is -1.65. The molecule has 3 rings (SSSR count). The number of hydrogen-bond acceptors (Lipinski definition) is 3. The molecule has 1 unspecified atom stereocenters. The third-order valence-electron chi connectivity index (χ3n) is 4.40. The molecular formula is C18H22ClN3O. The minimum Gasteiger partial charge on any atom is -0.298 e. The fourth-order valence-electron chi connectivity index (χ4n) is 3.21. The van der Waals surface area contributed by atoms with E-state index in [0.717, 1.165) is 44.6 Å². The molecule has 0 saturated carbocycles. The number of rotatable bonds is 5. The van der Waals surface area contributed by atoms with Crippen LogP contribution >= 0.6 is 11.6 Å². The van der Waals surface area contributed by atoms with E-state index in [1.165, 1.54) is 5.56 Å². The van der Waals surface area contributed by atoms with E-state index < -0.39 is 0 Å². The first kappa shape index (κ1) is 16.2. The first-order valence-corrected chi connectivity index (χ1v) is 8.57. The Morgan fingerprint density at radius 3 is 3.04 bits per heavy atom. The first-order valence-electron chi connectivity index (χ1n) is 8.19. The monoisotopic (exact) mass is 331 g/mol. The van der Waals surface area contributed by atoms with Gasteiger partial charge in [-0.2, -0.15) is 5.10 Å². The Balaban J connectivity index is 1.64. The molecule has 0 amide bonds. The normalized spacial score (nSPS) is 19.0. The lowest BCUT2D eigenvalue weighted by atomic mass is 9.90. The maximum absolute atomic E-state index is 12.7. The zero-order valence-corrected chi connectivity index (χ0v) is 14.2. The number of aryl methyl sites for hydroxylation is 1. The summed E-state index contributed by atoms with van der Waals surface area (Å²) < 4.78 is 1.94. The number of nitrogens with zero attached hydrogens (tertiary/aromatic N) is 3. The van der Waals surface area contributed by atoms with E-state index in [2.05, 4.69) is 23.1 Å². The number of aromatic nitrogens is 2. The summed E-state index contributed by atoms with van der Waals surface area (Å²) in [5, 5.41) is 4.94. The minimum absolute atomic E-state index is 0.0587. The Kier molecular flexibility index (Phi) is 5.13. The van der Waals surface area contributed by atoms with Gasteiger partial charge in [-0.25, -0.2) is 0 Å². The average molecular weight is 332 g/mol. The number of Topliss-reactive ketones (excluding diaryl/α,β-unsaturated/α-hetero) is 1. The highest BCUT2D eigenvalue weighted by Gasteiger charge is 2.26. The molecule has 1 fully saturated rings. The summed E-state index contributed by atoms with van der Waals surface area (Å²) in [6.45, 7) is 5.67. The summed E-state index contributed by atoms with van der Waals surface area (Å²) in [4.78, 5) is 15.1. The fraction of sp³-hybridized carbons (Fsp3) is 0.444. The topological polar surface area (TPSA) is 38.1 Å². The molecule has 0 radical (unpaired) electrons. The maximum Gasteiger partial charge on any atom is 0.167 e. The van der Waals surface area contributed by atoms with Gasteiger partial charge in [0.1, 0.15) is 0 Å². The van der Waals surface area contributed by atoms with Crippen LogP contribution in [0, 0.1) is 5.92 Å². The van der Waals surface area contributed by atoms with Crippen molar-refractivity contribution >= 4 is 17.4 Å². The number of carbonyl (C=O) groups excluding carboxylic acids is 1. The molecule has 1 aliphatic rings. The van der Waals surface area contributed by atoms with Crippen LogP contribution in [0.2, 0.25) is 5.02 Å². The number of halogens is 1. The molecule has 4 nitrogen and oxygen atoms in total. The second-order valence-electron chi connectivity index (χ2n) is 6.15. The van der Waals surface area contributed by atoms with E-state index in [-0.39, 0.29) is 11.7 Å². The molecule has 1 atom stereocenters. The van der Waals surface area contributed by atoms with Crippen LogP contribution in [0.1, 0.15) is 35.7 Å². The number of piperidine rings is 1. The molecule has 0 bridgehead atoms. The highest BCUT2D eigenvalue weighted by molar-refractivity contribution is 6.31. The van der Waals surface area contributed by atoms with Crippen molar-refractivity contribution in [2.24, 2.45) is 5.92 Å². The summed E-state index contributed by atoms with van der Waals surface area (Å²) in [6.07, 6.45) is 6.02. The number of hydrogen-bond donors (Lipinski definition) is 0. The predicted molar refractivity (Wildman–Crippen MR) is 91.7 cm³/mol. The van der Waals surface area contributed by atoms with Crippen LogP contribution in [0.25, 0.3) is 0 Å². The molecule has 0 aliphatic carbocycles. The van der Waals surface area contributed by atoms with E-state index in [1.54, 1.807) is 12.1 Å². The SMILES string of the molecule is CCn1cc(CN2CCCC(C(=O)c3cccc(Cl)c3)C2)cn1. The number of carbonyl (C=O) groups is 1. The Morgan fingerprint density at radius 1 is 1.43 bits per heavy atom. The van der Waals surface area contributed by atoms with Gasteiger partial charge in [-0.1, -0.05) is 23.7 Å². The Bertz CT molecular complexity index is 682. The van der Waals surface area contributed by atoms with Crippen molar-refractivity contribution in [1.29, 1.82) is 0 Å². The van der Waals surface area contributed by atoms with Crippen LogP contribution in [-0.4, -0.2) is 33.6 Å². The van der Waals surface area contributed by atoms with E-state index in [0.29, 0.717) is 5.02 Å².